The number of benzene rings is 2. The molecular weight excluding hydrogens is 503 g/mol. The molecule has 1 aliphatic heterocycles. The molecule has 30 heavy (non-hydrogen) atoms. The van der Waals surface area contributed by atoms with Crippen LogP contribution < -0.4 is 5.32 Å². The molecule has 1 N–H and O–H groups in total. The molecule has 0 spiro atoms. The summed E-state index contributed by atoms with van der Waals surface area (Å²) in [7, 11) is 3.28. The second kappa shape index (κ2) is 11.6. The second-order valence-corrected chi connectivity index (χ2v) is 7.15. The van der Waals surface area contributed by atoms with E-state index in [1.54, 1.807) is 38.4 Å². The topological polar surface area (TPSA) is 46.1 Å². The van der Waals surface area contributed by atoms with Gasteiger partial charge < -0.3 is 19.7 Å². The lowest BCUT2D eigenvalue weighted by Crippen LogP contribution is -2.50. The van der Waals surface area contributed by atoms with Crippen LogP contribution in [0, 0.1) is 11.6 Å². The molecule has 0 saturated carbocycles. The number of rotatable bonds is 5. The van der Waals surface area contributed by atoms with Crippen LogP contribution in [0.2, 0.25) is 0 Å². The number of nitrogens with zero attached hydrogens (tertiary/aromatic N) is 2. The zero-order valence-corrected chi connectivity index (χ0v) is 19.7. The van der Waals surface area contributed by atoms with Gasteiger partial charge in [0, 0.05) is 32.8 Å². The first-order valence-corrected chi connectivity index (χ1v) is 9.63. The van der Waals surface area contributed by atoms with Gasteiger partial charge in [0.05, 0.1) is 19.3 Å². The number of methoxy groups -OCH3 is 1. The van der Waals surface area contributed by atoms with Crippen LogP contribution in [-0.4, -0.2) is 44.2 Å². The second-order valence-electron chi connectivity index (χ2n) is 7.15. The van der Waals surface area contributed by atoms with Crippen LogP contribution in [-0.2, 0) is 22.6 Å². The molecule has 1 heterocycles. The highest BCUT2D eigenvalue weighted by Gasteiger charge is 2.28. The standard InChI is InChI=1S/C22H27F2N3O2.HI/c1-15-12-27(13-21(29-15)17-5-7-19(23)8-6-17)22(25-2)26-11-16-4-9-20(24)18(10-16)14-28-3;/h4-10,15,21H,11-14H2,1-3H3,(H,25,26);1H. The van der Waals surface area contributed by atoms with Gasteiger partial charge in [-0.2, -0.15) is 0 Å². The molecule has 0 aliphatic carbocycles. The predicted octanol–water partition coefficient (Wildman–Crippen LogP) is 4.27. The van der Waals surface area contributed by atoms with E-state index in [1.165, 1.54) is 18.2 Å². The third-order valence-electron chi connectivity index (χ3n) is 4.87. The van der Waals surface area contributed by atoms with Crippen molar-refractivity contribution < 1.29 is 18.3 Å². The molecule has 2 aromatic carbocycles. The molecule has 3 rings (SSSR count). The summed E-state index contributed by atoms with van der Waals surface area (Å²) in [6, 6.07) is 11.4. The fourth-order valence-electron chi connectivity index (χ4n) is 3.50. The summed E-state index contributed by atoms with van der Waals surface area (Å²) in [4.78, 5) is 6.52. The van der Waals surface area contributed by atoms with Gasteiger partial charge in [-0.25, -0.2) is 8.78 Å². The van der Waals surface area contributed by atoms with Crippen LogP contribution in [0.1, 0.15) is 29.7 Å². The van der Waals surface area contributed by atoms with Gasteiger partial charge in [0.2, 0.25) is 0 Å². The van der Waals surface area contributed by atoms with Crippen LogP contribution in [0.25, 0.3) is 0 Å². The maximum absolute atomic E-state index is 13.8. The summed E-state index contributed by atoms with van der Waals surface area (Å²) in [5, 5.41) is 3.34. The Kier molecular flexibility index (Phi) is 9.44. The van der Waals surface area contributed by atoms with Crippen LogP contribution in [0.5, 0.6) is 0 Å². The first-order valence-electron chi connectivity index (χ1n) is 9.63. The summed E-state index contributed by atoms with van der Waals surface area (Å²) in [5.41, 5.74) is 2.40. The monoisotopic (exact) mass is 531 g/mol. The molecule has 0 aromatic heterocycles. The zero-order chi connectivity index (χ0) is 20.8. The molecule has 2 aromatic rings. The molecule has 8 heteroatoms. The van der Waals surface area contributed by atoms with Gasteiger partial charge in [-0.3, -0.25) is 4.99 Å². The number of guanidine groups is 1. The molecule has 1 saturated heterocycles. The van der Waals surface area contributed by atoms with E-state index in [-0.39, 0.29) is 54.4 Å². The lowest BCUT2D eigenvalue weighted by Gasteiger charge is -2.38. The first-order chi connectivity index (χ1) is 14.0. The third-order valence-corrected chi connectivity index (χ3v) is 4.87. The summed E-state index contributed by atoms with van der Waals surface area (Å²) in [6.07, 6.45) is -0.173. The summed E-state index contributed by atoms with van der Waals surface area (Å²) in [6.45, 7) is 4.04. The fraction of sp³-hybridized carbons (Fsp3) is 0.409. The molecule has 2 unspecified atom stereocenters. The Morgan fingerprint density at radius 2 is 1.93 bits per heavy atom. The number of nitrogens with one attached hydrogen (secondary N) is 1. The van der Waals surface area contributed by atoms with Crippen LogP contribution >= 0.6 is 24.0 Å². The molecule has 1 fully saturated rings. The largest absolute Gasteiger partial charge is 0.380 e. The van der Waals surface area contributed by atoms with E-state index >= 15 is 0 Å². The van der Waals surface area contributed by atoms with Gasteiger partial charge in [-0.1, -0.05) is 18.2 Å². The Morgan fingerprint density at radius 1 is 1.20 bits per heavy atom. The number of halogens is 3. The number of aliphatic imine (C=N–C) groups is 1. The van der Waals surface area contributed by atoms with Crippen molar-refractivity contribution in [1.29, 1.82) is 0 Å². The van der Waals surface area contributed by atoms with Crippen molar-refractivity contribution >= 4 is 29.9 Å². The highest BCUT2D eigenvalue weighted by molar-refractivity contribution is 14.0. The average Bonchev–Trinajstić information content (AvgIpc) is 2.71. The normalized spacial score (nSPS) is 19.4. The molecule has 1 aliphatic rings. The number of ether oxygens (including phenoxy) is 2. The number of morpholine rings is 1. The minimum Gasteiger partial charge on any atom is -0.380 e. The van der Waals surface area contributed by atoms with Crippen molar-refractivity contribution in [3.63, 3.8) is 0 Å². The summed E-state index contributed by atoms with van der Waals surface area (Å²) >= 11 is 0. The van der Waals surface area contributed by atoms with Gasteiger partial charge in [0.15, 0.2) is 5.96 Å². The van der Waals surface area contributed by atoms with Crippen molar-refractivity contribution in [2.75, 3.05) is 27.2 Å². The Balaban J connectivity index is 0.00000320. The molecular formula is C22H28F2IN3O2. The quantitative estimate of drug-likeness (QED) is 0.356. The van der Waals surface area contributed by atoms with Crippen molar-refractivity contribution in [1.82, 2.24) is 10.2 Å². The predicted molar refractivity (Wildman–Crippen MR) is 124 cm³/mol. The van der Waals surface area contributed by atoms with Crippen molar-refractivity contribution in [2.24, 2.45) is 4.99 Å². The first kappa shape index (κ1) is 24.5. The third kappa shape index (κ3) is 6.36. The Bertz CT molecular complexity index is 849. The van der Waals surface area contributed by atoms with E-state index in [1.807, 2.05) is 6.92 Å². The van der Waals surface area contributed by atoms with Crippen molar-refractivity contribution in [3.8, 4) is 0 Å². The Hall–Kier alpha value is -1.78. The average molecular weight is 531 g/mol. The summed E-state index contributed by atoms with van der Waals surface area (Å²) < 4.78 is 38.2. The van der Waals surface area contributed by atoms with Gasteiger partial charge in [-0.05, 0) is 42.3 Å². The molecule has 2 atom stereocenters. The highest BCUT2D eigenvalue weighted by atomic mass is 127. The van der Waals surface area contributed by atoms with E-state index in [9.17, 15) is 8.78 Å². The van der Waals surface area contributed by atoms with Gasteiger partial charge in [0.25, 0.3) is 0 Å². The molecule has 5 nitrogen and oxygen atoms in total. The fourth-order valence-corrected chi connectivity index (χ4v) is 3.50. The minimum absolute atomic E-state index is 0. The Morgan fingerprint density at radius 3 is 2.60 bits per heavy atom. The van der Waals surface area contributed by atoms with Crippen molar-refractivity contribution in [3.05, 3.63) is 70.8 Å². The number of hydrogen-bond acceptors (Lipinski definition) is 3. The molecule has 0 radical (unpaired) electrons. The van der Waals surface area contributed by atoms with E-state index < -0.39 is 0 Å². The molecule has 0 amide bonds. The van der Waals surface area contributed by atoms with Crippen molar-refractivity contribution in [2.45, 2.75) is 32.3 Å². The van der Waals surface area contributed by atoms with E-state index in [2.05, 4.69) is 15.2 Å². The van der Waals surface area contributed by atoms with Crippen LogP contribution in [0.4, 0.5) is 8.78 Å². The Labute approximate surface area is 193 Å². The smallest absolute Gasteiger partial charge is 0.194 e. The zero-order valence-electron chi connectivity index (χ0n) is 17.4. The lowest BCUT2D eigenvalue weighted by atomic mass is 10.1. The SMILES string of the molecule is CN=C(NCc1ccc(F)c(COC)c1)N1CC(C)OC(c2ccc(F)cc2)C1.I. The maximum Gasteiger partial charge on any atom is 0.194 e. The maximum atomic E-state index is 13.8. The molecule has 164 valence electrons. The highest BCUT2D eigenvalue weighted by Crippen LogP contribution is 2.25. The van der Waals surface area contributed by atoms with Crippen LogP contribution in [0.15, 0.2) is 47.5 Å². The minimum atomic E-state index is -0.274. The van der Waals surface area contributed by atoms with E-state index in [4.69, 9.17) is 9.47 Å². The molecule has 0 bridgehead atoms. The number of hydrogen-bond donors (Lipinski definition) is 1. The van der Waals surface area contributed by atoms with E-state index in [0.29, 0.717) is 25.2 Å². The van der Waals surface area contributed by atoms with Gasteiger partial charge in [-0.15, -0.1) is 24.0 Å². The van der Waals surface area contributed by atoms with Crippen LogP contribution in [0.3, 0.4) is 0 Å². The van der Waals surface area contributed by atoms with Gasteiger partial charge in [0.1, 0.15) is 17.7 Å². The summed E-state index contributed by atoms with van der Waals surface area (Å²) in [5.74, 6) is 0.202. The van der Waals surface area contributed by atoms with Gasteiger partial charge >= 0.3 is 0 Å². The lowest BCUT2D eigenvalue weighted by molar-refractivity contribution is -0.0605. The van der Waals surface area contributed by atoms with E-state index in [0.717, 1.165) is 17.1 Å².